The first-order valence-electron chi connectivity index (χ1n) is 6.30. The lowest BCUT2D eigenvalue weighted by molar-refractivity contribution is -0.147. The third-order valence-electron chi connectivity index (χ3n) is 2.97. The van der Waals surface area contributed by atoms with E-state index in [0.29, 0.717) is 5.56 Å². The van der Waals surface area contributed by atoms with E-state index in [1.54, 1.807) is 37.3 Å². The van der Waals surface area contributed by atoms with Crippen LogP contribution in [0.15, 0.2) is 30.3 Å². The molecular weight excluding hydrogens is 271 g/mol. The van der Waals surface area contributed by atoms with E-state index in [9.17, 15) is 13.2 Å². The van der Waals surface area contributed by atoms with Crippen molar-refractivity contribution in [3.8, 4) is 0 Å². The fourth-order valence-corrected chi connectivity index (χ4v) is 2.09. The zero-order valence-electron chi connectivity index (χ0n) is 11.8. The maximum Gasteiger partial charge on any atom is 0.390 e. The van der Waals surface area contributed by atoms with Crippen molar-refractivity contribution in [2.45, 2.75) is 37.9 Å². The second-order valence-electron chi connectivity index (χ2n) is 4.58. The van der Waals surface area contributed by atoms with Gasteiger partial charge in [0.05, 0.1) is 12.5 Å². The lowest BCUT2D eigenvalue weighted by Crippen LogP contribution is -2.42. The van der Waals surface area contributed by atoms with Crippen molar-refractivity contribution < 1.29 is 22.6 Å². The molecule has 0 amide bonds. The molecule has 0 heterocycles. The van der Waals surface area contributed by atoms with Crippen molar-refractivity contribution in [1.29, 1.82) is 0 Å². The van der Waals surface area contributed by atoms with Crippen LogP contribution in [0.5, 0.6) is 0 Å². The number of hydrogen-bond acceptors (Lipinski definition) is 3. The topological polar surface area (TPSA) is 30.5 Å². The molecule has 0 aliphatic carbocycles. The second kappa shape index (κ2) is 7.61. The molecule has 2 atom stereocenters. The molecule has 2 unspecified atom stereocenters. The highest BCUT2D eigenvalue weighted by Gasteiger charge is 2.34. The molecule has 20 heavy (non-hydrogen) atoms. The Balaban J connectivity index is 2.83. The van der Waals surface area contributed by atoms with Crippen LogP contribution in [0.4, 0.5) is 13.2 Å². The van der Waals surface area contributed by atoms with E-state index in [1.807, 2.05) is 0 Å². The molecular formula is C14H20F3NO2. The SMILES string of the molecule is COC(OC)C(C)NC(CC(F)(F)F)c1ccccc1. The van der Waals surface area contributed by atoms with Crippen molar-refractivity contribution in [3.63, 3.8) is 0 Å². The molecule has 114 valence electrons. The summed E-state index contributed by atoms with van der Waals surface area (Å²) in [7, 11) is 2.90. The van der Waals surface area contributed by atoms with Gasteiger partial charge in [-0.3, -0.25) is 0 Å². The highest BCUT2D eigenvalue weighted by Crippen LogP contribution is 2.30. The average molecular weight is 291 g/mol. The molecule has 0 saturated carbocycles. The van der Waals surface area contributed by atoms with Crippen LogP contribution in [0.1, 0.15) is 24.9 Å². The summed E-state index contributed by atoms with van der Waals surface area (Å²) in [5, 5.41) is 2.92. The van der Waals surface area contributed by atoms with Gasteiger partial charge in [0.1, 0.15) is 0 Å². The molecule has 0 bridgehead atoms. The van der Waals surface area contributed by atoms with Gasteiger partial charge in [0.2, 0.25) is 0 Å². The first kappa shape index (κ1) is 16.9. The van der Waals surface area contributed by atoms with Crippen molar-refractivity contribution in [2.75, 3.05) is 14.2 Å². The number of hydrogen-bond donors (Lipinski definition) is 1. The van der Waals surface area contributed by atoms with Crippen LogP contribution >= 0.6 is 0 Å². The molecule has 1 rings (SSSR count). The first-order chi connectivity index (χ1) is 9.37. The van der Waals surface area contributed by atoms with Gasteiger partial charge in [0, 0.05) is 20.3 Å². The van der Waals surface area contributed by atoms with Gasteiger partial charge in [-0.25, -0.2) is 0 Å². The van der Waals surface area contributed by atoms with Gasteiger partial charge in [-0.05, 0) is 12.5 Å². The number of ether oxygens (including phenoxy) is 2. The number of benzene rings is 1. The Kier molecular flexibility index (Phi) is 6.45. The zero-order valence-corrected chi connectivity index (χ0v) is 11.8. The summed E-state index contributed by atoms with van der Waals surface area (Å²) >= 11 is 0. The average Bonchev–Trinajstić information content (AvgIpc) is 2.39. The summed E-state index contributed by atoms with van der Waals surface area (Å²) in [4.78, 5) is 0. The first-order valence-corrected chi connectivity index (χ1v) is 6.30. The third kappa shape index (κ3) is 5.48. The second-order valence-corrected chi connectivity index (χ2v) is 4.58. The standard InChI is InChI=1S/C14H20F3NO2/c1-10(13(19-2)20-3)18-12(9-14(15,16)17)11-7-5-4-6-8-11/h4-8,10,12-13,18H,9H2,1-3H3. The van der Waals surface area contributed by atoms with Gasteiger partial charge in [0.25, 0.3) is 0 Å². The monoisotopic (exact) mass is 291 g/mol. The van der Waals surface area contributed by atoms with Gasteiger partial charge in [0.15, 0.2) is 6.29 Å². The van der Waals surface area contributed by atoms with Crippen LogP contribution in [-0.4, -0.2) is 32.7 Å². The maximum absolute atomic E-state index is 12.7. The molecule has 0 radical (unpaired) electrons. The fraction of sp³-hybridized carbons (Fsp3) is 0.571. The summed E-state index contributed by atoms with van der Waals surface area (Å²) in [6, 6.07) is 7.33. The Bertz CT molecular complexity index is 380. The smallest absolute Gasteiger partial charge is 0.354 e. The highest BCUT2D eigenvalue weighted by molar-refractivity contribution is 5.19. The molecule has 0 aliphatic rings. The van der Waals surface area contributed by atoms with Crippen LogP contribution in [-0.2, 0) is 9.47 Å². The predicted octanol–water partition coefficient (Wildman–Crippen LogP) is 3.28. The number of nitrogens with one attached hydrogen (secondary N) is 1. The quantitative estimate of drug-likeness (QED) is 0.782. The minimum Gasteiger partial charge on any atom is -0.354 e. The van der Waals surface area contributed by atoms with E-state index in [0.717, 1.165) is 0 Å². The zero-order chi connectivity index (χ0) is 15.2. The van der Waals surface area contributed by atoms with Gasteiger partial charge >= 0.3 is 6.18 Å². The molecule has 0 saturated heterocycles. The summed E-state index contributed by atoms with van der Waals surface area (Å²) in [6.45, 7) is 1.73. The third-order valence-corrected chi connectivity index (χ3v) is 2.97. The molecule has 3 nitrogen and oxygen atoms in total. The van der Waals surface area contributed by atoms with Crippen molar-refractivity contribution in [2.24, 2.45) is 0 Å². The van der Waals surface area contributed by atoms with Crippen LogP contribution < -0.4 is 5.32 Å². The van der Waals surface area contributed by atoms with E-state index >= 15 is 0 Å². The Morgan fingerprint density at radius 3 is 2.10 bits per heavy atom. The van der Waals surface area contributed by atoms with Crippen molar-refractivity contribution in [3.05, 3.63) is 35.9 Å². The Hall–Kier alpha value is -1.11. The summed E-state index contributed by atoms with van der Waals surface area (Å²) in [5.74, 6) is 0. The van der Waals surface area contributed by atoms with Crippen molar-refractivity contribution >= 4 is 0 Å². The molecule has 0 fully saturated rings. The van der Waals surface area contributed by atoms with Crippen molar-refractivity contribution in [1.82, 2.24) is 5.32 Å². The van der Waals surface area contributed by atoms with E-state index in [4.69, 9.17) is 9.47 Å². The Morgan fingerprint density at radius 2 is 1.65 bits per heavy atom. The van der Waals surface area contributed by atoms with E-state index in [1.165, 1.54) is 14.2 Å². The van der Waals surface area contributed by atoms with E-state index in [-0.39, 0.29) is 6.04 Å². The summed E-state index contributed by atoms with van der Waals surface area (Å²) < 4.78 is 48.2. The Morgan fingerprint density at radius 1 is 1.10 bits per heavy atom. The van der Waals surface area contributed by atoms with Crippen LogP contribution in [0, 0.1) is 0 Å². The maximum atomic E-state index is 12.7. The highest BCUT2D eigenvalue weighted by atomic mass is 19.4. The summed E-state index contributed by atoms with van der Waals surface area (Å²) in [5.41, 5.74) is 0.586. The number of halogens is 3. The van der Waals surface area contributed by atoms with Crippen LogP contribution in [0.2, 0.25) is 0 Å². The molecule has 0 aromatic heterocycles. The van der Waals surface area contributed by atoms with Gasteiger partial charge < -0.3 is 14.8 Å². The summed E-state index contributed by atoms with van der Waals surface area (Å²) in [6.07, 6.45) is -5.79. The van der Waals surface area contributed by atoms with E-state index < -0.39 is 24.9 Å². The predicted molar refractivity (Wildman–Crippen MR) is 70.3 cm³/mol. The molecule has 6 heteroatoms. The lowest BCUT2D eigenvalue weighted by Gasteiger charge is -2.28. The molecule has 0 aliphatic heterocycles. The van der Waals surface area contributed by atoms with Crippen LogP contribution in [0.3, 0.4) is 0 Å². The van der Waals surface area contributed by atoms with Gasteiger partial charge in [-0.1, -0.05) is 30.3 Å². The number of methoxy groups -OCH3 is 2. The molecule has 0 spiro atoms. The Labute approximate surface area is 117 Å². The number of rotatable bonds is 7. The largest absolute Gasteiger partial charge is 0.390 e. The minimum absolute atomic E-state index is 0.377. The van der Waals surface area contributed by atoms with Gasteiger partial charge in [-0.2, -0.15) is 13.2 Å². The lowest BCUT2D eigenvalue weighted by atomic mass is 10.0. The number of alkyl halides is 3. The van der Waals surface area contributed by atoms with E-state index in [2.05, 4.69) is 5.32 Å². The van der Waals surface area contributed by atoms with Crippen LogP contribution in [0.25, 0.3) is 0 Å². The fourth-order valence-electron chi connectivity index (χ4n) is 2.09. The normalized spacial score (nSPS) is 15.3. The van der Waals surface area contributed by atoms with Gasteiger partial charge in [-0.15, -0.1) is 0 Å². The molecule has 1 N–H and O–H groups in total. The minimum atomic E-state index is -4.25. The molecule has 1 aromatic carbocycles. The molecule has 1 aromatic rings.